The van der Waals surface area contributed by atoms with Crippen molar-refractivity contribution in [2.45, 2.75) is 19.4 Å². The summed E-state index contributed by atoms with van der Waals surface area (Å²) >= 11 is 0. The zero-order valence-corrected chi connectivity index (χ0v) is 18.6. The van der Waals surface area contributed by atoms with Crippen LogP contribution >= 0.6 is 0 Å². The van der Waals surface area contributed by atoms with Crippen LogP contribution in [-0.2, 0) is 6.42 Å². The molecule has 1 aliphatic heterocycles. The van der Waals surface area contributed by atoms with E-state index in [1.54, 1.807) is 7.11 Å². The first-order valence-corrected chi connectivity index (χ1v) is 10.7. The molecule has 1 unspecified atom stereocenters. The van der Waals surface area contributed by atoms with Crippen molar-refractivity contribution in [1.82, 2.24) is 15.1 Å². The number of carbonyl (C=O) groups excluding carboxylic acids is 1. The predicted octanol–water partition coefficient (Wildman–Crippen LogP) is 3.39. The van der Waals surface area contributed by atoms with Gasteiger partial charge < -0.3 is 24.8 Å². The van der Waals surface area contributed by atoms with Crippen molar-refractivity contribution in [3.63, 3.8) is 0 Å². The minimum absolute atomic E-state index is 0.0152. The molecule has 3 rings (SSSR count). The van der Waals surface area contributed by atoms with Gasteiger partial charge in [-0.2, -0.15) is 0 Å². The van der Waals surface area contributed by atoms with Crippen LogP contribution in [0.5, 0.6) is 5.75 Å². The summed E-state index contributed by atoms with van der Waals surface area (Å²) in [6.07, 6.45) is 1.03. The summed E-state index contributed by atoms with van der Waals surface area (Å²) in [6, 6.07) is 16.9. The summed E-state index contributed by atoms with van der Waals surface area (Å²) in [5.41, 5.74) is 3.72. The third kappa shape index (κ3) is 5.45. The fourth-order valence-corrected chi connectivity index (χ4v) is 3.83. The van der Waals surface area contributed by atoms with Crippen LogP contribution in [0.3, 0.4) is 0 Å². The molecule has 30 heavy (non-hydrogen) atoms. The Hall–Kier alpha value is -2.73. The van der Waals surface area contributed by atoms with Crippen molar-refractivity contribution in [1.29, 1.82) is 0 Å². The number of benzene rings is 2. The molecule has 0 aromatic heterocycles. The number of carbonyl (C=O) groups is 1. The second kappa shape index (κ2) is 10.3. The van der Waals surface area contributed by atoms with Gasteiger partial charge in [0.2, 0.25) is 0 Å². The molecule has 2 aromatic carbocycles. The number of piperazine rings is 1. The van der Waals surface area contributed by atoms with Gasteiger partial charge in [0.05, 0.1) is 13.2 Å². The Morgan fingerprint density at radius 1 is 1.03 bits per heavy atom. The van der Waals surface area contributed by atoms with Crippen LogP contribution in [0.4, 0.5) is 10.5 Å². The highest BCUT2D eigenvalue weighted by atomic mass is 16.5. The molecule has 1 aliphatic rings. The Kier molecular flexibility index (Phi) is 7.57. The Balaban J connectivity index is 1.51. The van der Waals surface area contributed by atoms with Gasteiger partial charge in [0.1, 0.15) is 5.75 Å². The highest BCUT2D eigenvalue weighted by Crippen LogP contribution is 2.21. The number of hydrogen-bond acceptors (Lipinski definition) is 4. The Morgan fingerprint density at radius 2 is 1.67 bits per heavy atom. The largest absolute Gasteiger partial charge is 0.497 e. The zero-order valence-electron chi connectivity index (χ0n) is 18.6. The van der Waals surface area contributed by atoms with Crippen LogP contribution in [0.15, 0.2) is 48.5 Å². The van der Waals surface area contributed by atoms with Gasteiger partial charge in [0.25, 0.3) is 0 Å². The van der Waals surface area contributed by atoms with E-state index >= 15 is 0 Å². The third-order valence-electron chi connectivity index (χ3n) is 5.85. The van der Waals surface area contributed by atoms with E-state index in [0.717, 1.165) is 38.3 Å². The maximum atomic E-state index is 12.7. The van der Waals surface area contributed by atoms with Gasteiger partial charge in [-0.3, -0.25) is 0 Å². The molecule has 0 bridgehead atoms. The smallest absolute Gasteiger partial charge is 0.317 e. The highest BCUT2D eigenvalue weighted by molar-refractivity contribution is 5.74. The minimum Gasteiger partial charge on any atom is -0.497 e. The minimum atomic E-state index is 0.0152. The molecule has 162 valence electrons. The summed E-state index contributed by atoms with van der Waals surface area (Å²) in [6.45, 7) is 5.85. The fourth-order valence-electron chi connectivity index (χ4n) is 3.83. The van der Waals surface area contributed by atoms with E-state index in [0.29, 0.717) is 6.54 Å². The lowest BCUT2D eigenvalue weighted by atomic mass is 10.0. The number of likely N-dealkylation sites (N-methyl/N-ethyl adjacent to an activating group) is 1. The number of rotatable bonds is 7. The standard InChI is InChI=1S/C24H34N4O2/c1-5-19-6-8-20(9-7-19)23(26(2)3)18-25-24(29)28-16-14-27(15-17-28)21-10-12-22(30-4)13-11-21/h6-13,23H,5,14-18H2,1-4H3,(H,25,29). The molecule has 6 heteroatoms. The van der Waals surface area contributed by atoms with E-state index in [1.807, 2.05) is 17.0 Å². The third-order valence-corrected chi connectivity index (χ3v) is 5.85. The molecule has 1 heterocycles. The number of nitrogens with one attached hydrogen (secondary N) is 1. The molecule has 0 saturated carbocycles. The summed E-state index contributed by atoms with van der Waals surface area (Å²) in [7, 11) is 5.78. The Labute approximate surface area is 180 Å². The molecular formula is C24H34N4O2. The van der Waals surface area contributed by atoms with Crippen molar-refractivity contribution in [2.24, 2.45) is 0 Å². The van der Waals surface area contributed by atoms with Crippen LogP contribution in [0.25, 0.3) is 0 Å². The quantitative estimate of drug-likeness (QED) is 0.760. The summed E-state index contributed by atoms with van der Waals surface area (Å²) in [4.78, 5) is 19.1. The van der Waals surface area contributed by atoms with E-state index in [-0.39, 0.29) is 12.1 Å². The highest BCUT2D eigenvalue weighted by Gasteiger charge is 2.23. The van der Waals surface area contributed by atoms with Gasteiger partial charge in [-0.15, -0.1) is 0 Å². The molecule has 1 fully saturated rings. The van der Waals surface area contributed by atoms with Crippen LogP contribution in [0.1, 0.15) is 24.1 Å². The lowest BCUT2D eigenvalue weighted by Gasteiger charge is -2.36. The van der Waals surface area contributed by atoms with E-state index in [9.17, 15) is 4.79 Å². The second-order valence-corrected chi connectivity index (χ2v) is 7.93. The second-order valence-electron chi connectivity index (χ2n) is 7.93. The Bertz CT molecular complexity index is 797. The van der Waals surface area contributed by atoms with Gasteiger partial charge in [-0.05, 0) is 55.9 Å². The first kappa shape index (κ1) is 22.0. The number of urea groups is 1. The maximum Gasteiger partial charge on any atom is 0.317 e. The van der Waals surface area contributed by atoms with E-state index in [4.69, 9.17) is 4.74 Å². The van der Waals surface area contributed by atoms with Crippen molar-refractivity contribution in [3.8, 4) is 5.75 Å². The lowest BCUT2D eigenvalue weighted by molar-refractivity contribution is 0.189. The SMILES string of the molecule is CCc1ccc(C(CNC(=O)N2CCN(c3ccc(OC)cc3)CC2)N(C)C)cc1. The van der Waals surface area contributed by atoms with Crippen LogP contribution in [0.2, 0.25) is 0 Å². The van der Waals surface area contributed by atoms with Crippen molar-refractivity contribution in [3.05, 3.63) is 59.7 Å². The number of nitrogens with zero attached hydrogens (tertiary/aromatic N) is 3. The average molecular weight is 411 g/mol. The topological polar surface area (TPSA) is 48.1 Å². The van der Waals surface area contributed by atoms with Gasteiger partial charge >= 0.3 is 6.03 Å². The maximum absolute atomic E-state index is 12.7. The van der Waals surface area contributed by atoms with Gasteiger partial charge in [-0.1, -0.05) is 31.2 Å². The molecule has 0 aliphatic carbocycles. The number of anilines is 1. The lowest BCUT2D eigenvalue weighted by Crippen LogP contribution is -2.52. The summed E-state index contributed by atoms with van der Waals surface area (Å²) in [5, 5.41) is 3.14. The number of aryl methyl sites for hydroxylation is 1. The molecule has 6 nitrogen and oxygen atoms in total. The normalized spacial score (nSPS) is 15.2. The van der Waals surface area contributed by atoms with Crippen LogP contribution < -0.4 is 15.0 Å². The van der Waals surface area contributed by atoms with Gasteiger partial charge in [-0.25, -0.2) is 4.79 Å². The molecule has 2 amide bonds. The van der Waals surface area contributed by atoms with E-state index < -0.39 is 0 Å². The number of amides is 2. The predicted molar refractivity (Wildman–Crippen MR) is 122 cm³/mol. The van der Waals surface area contributed by atoms with E-state index in [2.05, 4.69) is 72.5 Å². The zero-order chi connectivity index (χ0) is 21.5. The molecule has 1 atom stereocenters. The number of methoxy groups -OCH3 is 1. The number of hydrogen-bond donors (Lipinski definition) is 1. The summed E-state index contributed by atoms with van der Waals surface area (Å²) in [5.74, 6) is 0.858. The van der Waals surface area contributed by atoms with Gasteiger partial charge in [0, 0.05) is 38.4 Å². The van der Waals surface area contributed by atoms with Crippen molar-refractivity contribution in [2.75, 3.05) is 58.8 Å². The molecule has 2 aromatic rings. The van der Waals surface area contributed by atoms with Crippen molar-refractivity contribution < 1.29 is 9.53 Å². The fraction of sp³-hybridized carbons (Fsp3) is 0.458. The van der Waals surface area contributed by atoms with E-state index in [1.165, 1.54) is 16.8 Å². The Morgan fingerprint density at radius 3 is 2.20 bits per heavy atom. The van der Waals surface area contributed by atoms with Crippen LogP contribution in [0, 0.1) is 0 Å². The molecule has 1 saturated heterocycles. The first-order valence-electron chi connectivity index (χ1n) is 10.7. The first-order chi connectivity index (χ1) is 14.5. The van der Waals surface area contributed by atoms with Gasteiger partial charge in [0.15, 0.2) is 0 Å². The average Bonchev–Trinajstić information content (AvgIpc) is 2.79. The summed E-state index contributed by atoms with van der Waals surface area (Å²) < 4.78 is 5.23. The monoisotopic (exact) mass is 410 g/mol. The van der Waals surface area contributed by atoms with Crippen LogP contribution in [-0.4, -0.2) is 69.8 Å². The van der Waals surface area contributed by atoms with Crippen molar-refractivity contribution >= 4 is 11.7 Å². The molecule has 0 spiro atoms. The molecular weight excluding hydrogens is 376 g/mol. The molecule has 1 N–H and O–H groups in total. The number of ether oxygens (including phenoxy) is 1. The molecule has 0 radical (unpaired) electrons.